The Balaban J connectivity index is 1.55. The second kappa shape index (κ2) is 4.37. The molecule has 0 saturated heterocycles. The minimum Gasteiger partial charge on any atom is -0.382 e. The van der Waals surface area contributed by atoms with E-state index in [4.69, 9.17) is 11.6 Å². The molecule has 0 radical (unpaired) electrons. The van der Waals surface area contributed by atoms with Gasteiger partial charge in [0.15, 0.2) is 0 Å². The van der Waals surface area contributed by atoms with Gasteiger partial charge in [0.2, 0.25) is 0 Å². The predicted octanol–water partition coefficient (Wildman–Crippen LogP) is 4.72. The Hall–Kier alpha value is -0.760. The standard InChI is InChI=1S/C16H19ClFN/c17-14-8-13(1-2-15(14)18)19-16-11-4-9-3-10(6-11)7-12(16)5-9/h1-2,8-12,16,19H,3-7H2. The van der Waals surface area contributed by atoms with Gasteiger partial charge in [0.25, 0.3) is 0 Å². The number of rotatable bonds is 2. The predicted molar refractivity (Wildman–Crippen MR) is 75.9 cm³/mol. The molecule has 4 aliphatic carbocycles. The maximum absolute atomic E-state index is 13.2. The maximum atomic E-state index is 13.2. The number of anilines is 1. The summed E-state index contributed by atoms with van der Waals surface area (Å²) in [4.78, 5) is 0. The summed E-state index contributed by atoms with van der Waals surface area (Å²) in [7, 11) is 0. The molecule has 0 spiro atoms. The SMILES string of the molecule is Fc1ccc(NC2C3CC4CC(C3)CC2C4)cc1Cl. The van der Waals surface area contributed by atoms with Gasteiger partial charge in [-0.15, -0.1) is 0 Å². The molecule has 1 nitrogen and oxygen atoms in total. The van der Waals surface area contributed by atoms with E-state index in [0.717, 1.165) is 29.4 Å². The van der Waals surface area contributed by atoms with Crippen molar-refractivity contribution in [1.29, 1.82) is 0 Å². The highest BCUT2D eigenvalue weighted by atomic mass is 35.5. The number of nitrogens with one attached hydrogen (secondary N) is 1. The van der Waals surface area contributed by atoms with E-state index >= 15 is 0 Å². The molecule has 0 atom stereocenters. The molecule has 4 fully saturated rings. The quantitative estimate of drug-likeness (QED) is 0.826. The van der Waals surface area contributed by atoms with Crippen LogP contribution in [0.1, 0.15) is 32.1 Å². The number of hydrogen-bond donors (Lipinski definition) is 1. The Bertz CT molecular complexity index is 474. The normalized spacial score (nSPS) is 39.6. The van der Waals surface area contributed by atoms with Crippen LogP contribution in [0.3, 0.4) is 0 Å². The first-order chi connectivity index (χ1) is 9.19. The molecule has 0 aliphatic heterocycles. The summed E-state index contributed by atoms with van der Waals surface area (Å²) in [5.41, 5.74) is 0.976. The van der Waals surface area contributed by atoms with Crippen LogP contribution in [0, 0.1) is 29.5 Å². The van der Waals surface area contributed by atoms with E-state index in [1.54, 1.807) is 6.07 Å². The van der Waals surface area contributed by atoms with E-state index in [1.165, 1.54) is 38.2 Å². The first-order valence-electron chi connectivity index (χ1n) is 7.40. The summed E-state index contributed by atoms with van der Waals surface area (Å²) in [5.74, 6) is 3.27. The van der Waals surface area contributed by atoms with E-state index in [-0.39, 0.29) is 10.8 Å². The van der Waals surface area contributed by atoms with Crippen molar-refractivity contribution in [1.82, 2.24) is 0 Å². The summed E-state index contributed by atoms with van der Waals surface area (Å²) >= 11 is 5.87. The highest BCUT2D eigenvalue weighted by Crippen LogP contribution is 2.54. The number of benzene rings is 1. The van der Waals surface area contributed by atoms with Crippen molar-refractivity contribution in [3.05, 3.63) is 29.0 Å². The molecule has 1 aromatic carbocycles. The van der Waals surface area contributed by atoms with Gasteiger partial charge < -0.3 is 5.32 Å². The first kappa shape index (κ1) is 12.0. The topological polar surface area (TPSA) is 12.0 Å². The fourth-order valence-corrected chi connectivity index (χ4v) is 5.12. The molecule has 4 saturated carbocycles. The van der Waals surface area contributed by atoms with Gasteiger partial charge in [-0.05, 0) is 74.0 Å². The van der Waals surface area contributed by atoms with Crippen LogP contribution in [0.4, 0.5) is 10.1 Å². The van der Waals surface area contributed by atoms with Crippen LogP contribution >= 0.6 is 11.6 Å². The monoisotopic (exact) mass is 279 g/mol. The molecule has 5 rings (SSSR count). The molecule has 19 heavy (non-hydrogen) atoms. The molecular formula is C16H19ClFN. The summed E-state index contributed by atoms with van der Waals surface area (Å²) in [6, 6.07) is 5.57. The smallest absolute Gasteiger partial charge is 0.141 e. The van der Waals surface area contributed by atoms with Crippen LogP contribution < -0.4 is 5.32 Å². The van der Waals surface area contributed by atoms with E-state index in [0.29, 0.717) is 6.04 Å². The Morgan fingerprint density at radius 2 is 1.63 bits per heavy atom. The van der Waals surface area contributed by atoms with Crippen molar-refractivity contribution in [2.45, 2.75) is 38.1 Å². The van der Waals surface area contributed by atoms with Gasteiger partial charge in [0, 0.05) is 11.7 Å². The van der Waals surface area contributed by atoms with Crippen molar-refractivity contribution >= 4 is 17.3 Å². The molecule has 1 N–H and O–H groups in total. The first-order valence-corrected chi connectivity index (χ1v) is 7.78. The lowest BCUT2D eigenvalue weighted by Crippen LogP contribution is -2.51. The molecule has 0 unspecified atom stereocenters. The molecule has 0 aromatic heterocycles. The largest absolute Gasteiger partial charge is 0.382 e. The number of hydrogen-bond acceptors (Lipinski definition) is 1. The molecule has 4 bridgehead atoms. The van der Waals surface area contributed by atoms with Crippen LogP contribution in [0.5, 0.6) is 0 Å². The summed E-state index contributed by atoms with van der Waals surface area (Å²) in [6.07, 6.45) is 7.03. The summed E-state index contributed by atoms with van der Waals surface area (Å²) in [5, 5.41) is 3.86. The zero-order valence-corrected chi connectivity index (χ0v) is 11.7. The Morgan fingerprint density at radius 3 is 2.21 bits per heavy atom. The van der Waals surface area contributed by atoms with Crippen molar-refractivity contribution < 1.29 is 4.39 Å². The lowest BCUT2D eigenvalue weighted by Gasteiger charge is -2.54. The second-order valence-electron chi connectivity index (χ2n) is 6.73. The molecule has 0 amide bonds. The van der Waals surface area contributed by atoms with Crippen LogP contribution in [0.2, 0.25) is 5.02 Å². The molecule has 0 heterocycles. The Kier molecular flexibility index (Phi) is 2.77. The zero-order valence-electron chi connectivity index (χ0n) is 10.9. The highest BCUT2D eigenvalue weighted by molar-refractivity contribution is 6.31. The van der Waals surface area contributed by atoms with E-state index in [1.807, 2.05) is 6.07 Å². The average molecular weight is 280 g/mol. The van der Waals surface area contributed by atoms with Gasteiger partial charge in [-0.1, -0.05) is 11.6 Å². The highest BCUT2D eigenvalue weighted by Gasteiger charge is 2.48. The van der Waals surface area contributed by atoms with Gasteiger partial charge in [-0.25, -0.2) is 4.39 Å². The minimum atomic E-state index is -0.336. The molecule has 102 valence electrons. The number of halogens is 2. The van der Waals surface area contributed by atoms with Crippen molar-refractivity contribution in [2.24, 2.45) is 23.7 Å². The Morgan fingerprint density at radius 1 is 1.00 bits per heavy atom. The summed E-state index contributed by atoms with van der Waals surface area (Å²) in [6.45, 7) is 0. The van der Waals surface area contributed by atoms with Crippen LogP contribution in [-0.4, -0.2) is 6.04 Å². The molecule has 3 heteroatoms. The fourth-order valence-electron chi connectivity index (χ4n) is 4.94. The molecular weight excluding hydrogens is 261 g/mol. The van der Waals surface area contributed by atoms with Gasteiger partial charge >= 0.3 is 0 Å². The van der Waals surface area contributed by atoms with Crippen molar-refractivity contribution in [3.63, 3.8) is 0 Å². The third kappa shape index (κ3) is 2.05. The van der Waals surface area contributed by atoms with E-state index in [9.17, 15) is 4.39 Å². The minimum absolute atomic E-state index is 0.216. The molecule has 4 aliphatic rings. The lowest BCUT2D eigenvalue weighted by molar-refractivity contribution is 0.00754. The Labute approximate surface area is 118 Å². The van der Waals surface area contributed by atoms with Crippen LogP contribution in [0.15, 0.2) is 18.2 Å². The van der Waals surface area contributed by atoms with E-state index < -0.39 is 0 Å². The van der Waals surface area contributed by atoms with Crippen LogP contribution in [0.25, 0.3) is 0 Å². The third-order valence-electron chi connectivity index (χ3n) is 5.48. The fraction of sp³-hybridized carbons (Fsp3) is 0.625. The van der Waals surface area contributed by atoms with E-state index in [2.05, 4.69) is 5.32 Å². The summed E-state index contributed by atoms with van der Waals surface area (Å²) < 4.78 is 13.2. The van der Waals surface area contributed by atoms with Crippen LogP contribution in [-0.2, 0) is 0 Å². The lowest BCUT2D eigenvalue weighted by atomic mass is 9.54. The third-order valence-corrected chi connectivity index (χ3v) is 5.77. The zero-order chi connectivity index (χ0) is 13.0. The second-order valence-corrected chi connectivity index (χ2v) is 7.14. The molecule has 1 aromatic rings. The average Bonchev–Trinajstić information content (AvgIpc) is 2.37. The van der Waals surface area contributed by atoms with Gasteiger partial charge in [-0.2, -0.15) is 0 Å². The van der Waals surface area contributed by atoms with Crippen molar-refractivity contribution in [3.8, 4) is 0 Å². The van der Waals surface area contributed by atoms with Gasteiger partial charge in [0.1, 0.15) is 5.82 Å². The maximum Gasteiger partial charge on any atom is 0.141 e. The van der Waals surface area contributed by atoms with Crippen molar-refractivity contribution in [2.75, 3.05) is 5.32 Å². The van der Waals surface area contributed by atoms with Gasteiger partial charge in [0.05, 0.1) is 5.02 Å². The van der Waals surface area contributed by atoms with Gasteiger partial charge in [-0.3, -0.25) is 0 Å².